The van der Waals surface area contributed by atoms with E-state index in [0.29, 0.717) is 5.84 Å². The lowest BCUT2D eigenvalue weighted by atomic mass is 10.3. The summed E-state index contributed by atoms with van der Waals surface area (Å²) in [6, 6.07) is 0. The van der Waals surface area contributed by atoms with E-state index in [4.69, 9.17) is 5.73 Å². The van der Waals surface area contributed by atoms with Gasteiger partial charge in [0.1, 0.15) is 6.54 Å². The topological polar surface area (TPSA) is 58.7 Å². The van der Waals surface area contributed by atoms with Crippen LogP contribution >= 0.6 is 0 Å². The van der Waals surface area contributed by atoms with Crippen LogP contribution in [-0.2, 0) is 4.79 Å². The Hall–Kier alpha value is -1.06. The van der Waals surface area contributed by atoms with Gasteiger partial charge in [0.2, 0.25) is 5.91 Å². The standard InChI is InChI=1S/C10H21N3O/c1-4-7-9(11)12-8-10(14)13(5-2)6-3/h4-8H2,1-3H3,(H2,11,12). The van der Waals surface area contributed by atoms with Crippen LogP contribution < -0.4 is 5.73 Å². The average Bonchev–Trinajstić information content (AvgIpc) is 2.17. The zero-order chi connectivity index (χ0) is 11.0. The molecule has 0 aromatic heterocycles. The zero-order valence-corrected chi connectivity index (χ0v) is 9.42. The van der Waals surface area contributed by atoms with Gasteiger partial charge in [0.25, 0.3) is 0 Å². The van der Waals surface area contributed by atoms with E-state index in [9.17, 15) is 4.79 Å². The van der Waals surface area contributed by atoms with Gasteiger partial charge in [0.05, 0.1) is 5.84 Å². The Morgan fingerprint density at radius 1 is 1.29 bits per heavy atom. The van der Waals surface area contributed by atoms with Crippen molar-refractivity contribution < 1.29 is 4.79 Å². The van der Waals surface area contributed by atoms with Gasteiger partial charge in [-0.05, 0) is 20.3 Å². The Kier molecular flexibility index (Phi) is 6.80. The summed E-state index contributed by atoms with van der Waals surface area (Å²) in [4.78, 5) is 17.3. The summed E-state index contributed by atoms with van der Waals surface area (Å²) >= 11 is 0. The van der Waals surface area contributed by atoms with Crippen LogP contribution in [0.15, 0.2) is 4.99 Å². The molecule has 4 nitrogen and oxygen atoms in total. The Morgan fingerprint density at radius 3 is 2.29 bits per heavy atom. The van der Waals surface area contributed by atoms with Crippen molar-refractivity contribution in [1.29, 1.82) is 0 Å². The first-order valence-electron chi connectivity index (χ1n) is 5.22. The van der Waals surface area contributed by atoms with E-state index in [-0.39, 0.29) is 12.5 Å². The summed E-state index contributed by atoms with van der Waals surface area (Å²) in [5.74, 6) is 0.627. The highest BCUT2D eigenvalue weighted by Crippen LogP contribution is 1.91. The van der Waals surface area contributed by atoms with Crippen LogP contribution in [-0.4, -0.2) is 36.3 Å². The molecular formula is C10H21N3O. The Bertz CT molecular complexity index is 198. The van der Waals surface area contributed by atoms with Crippen molar-refractivity contribution in [3.63, 3.8) is 0 Å². The summed E-state index contributed by atoms with van der Waals surface area (Å²) in [6.07, 6.45) is 1.74. The minimum Gasteiger partial charge on any atom is -0.387 e. The molecule has 4 heteroatoms. The molecule has 0 saturated heterocycles. The lowest BCUT2D eigenvalue weighted by Gasteiger charge is -2.17. The second kappa shape index (κ2) is 7.35. The summed E-state index contributed by atoms with van der Waals surface area (Å²) in [5, 5.41) is 0. The SMILES string of the molecule is CCCC(N)=NCC(=O)N(CC)CC. The van der Waals surface area contributed by atoms with Crippen molar-refractivity contribution in [2.24, 2.45) is 10.7 Å². The molecule has 0 rings (SSSR count). The van der Waals surface area contributed by atoms with Crippen molar-refractivity contribution in [2.45, 2.75) is 33.6 Å². The number of nitrogens with two attached hydrogens (primary N) is 1. The fourth-order valence-electron chi connectivity index (χ4n) is 1.18. The Morgan fingerprint density at radius 2 is 1.86 bits per heavy atom. The molecular weight excluding hydrogens is 178 g/mol. The van der Waals surface area contributed by atoms with E-state index in [2.05, 4.69) is 4.99 Å². The number of nitrogens with zero attached hydrogens (tertiary/aromatic N) is 2. The van der Waals surface area contributed by atoms with Crippen LogP contribution in [0.5, 0.6) is 0 Å². The van der Waals surface area contributed by atoms with Crippen molar-refractivity contribution in [1.82, 2.24) is 4.90 Å². The second-order valence-corrected chi connectivity index (χ2v) is 3.12. The van der Waals surface area contributed by atoms with Gasteiger partial charge in [0.15, 0.2) is 0 Å². The van der Waals surface area contributed by atoms with Crippen LogP contribution in [0.4, 0.5) is 0 Å². The predicted molar refractivity (Wildman–Crippen MR) is 59.3 cm³/mol. The summed E-state index contributed by atoms with van der Waals surface area (Å²) in [6.45, 7) is 7.61. The van der Waals surface area contributed by atoms with Gasteiger partial charge in [0, 0.05) is 19.5 Å². The highest BCUT2D eigenvalue weighted by molar-refractivity contribution is 5.85. The molecule has 0 saturated carbocycles. The van der Waals surface area contributed by atoms with E-state index in [1.807, 2.05) is 20.8 Å². The first kappa shape index (κ1) is 12.9. The molecule has 0 radical (unpaired) electrons. The van der Waals surface area contributed by atoms with E-state index in [1.54, 1.807) is 4.90 Å². The first-order chi connectivity index (χ1) is 6.65. The number of hydrogen-bond acceptors (Lipinski definition) is 2. The van der Waals surface area contributed by atoms with Crippen molar-refractivity contribution in [2.75, 3.05) is 19.6 Å². The zero-order valence-electron chi connectivity index (χ0n) is 9.42. The number of aliphatic imine (C=N–C) groups is 1. The van der Waals surface area contributed by atoms with Crippen molar-refractivity contribution in [3.8, 4) is 0 Å². The molecule has 0 aliphatic heterocycles. The average molecular weight is 199 g/mol. The first-order valence-corrected chi connectivity index (χ1v) is 5.22. The van der Waals surface area contributed by atoms with E-state index >= 15 is 0 Å². The minimum atomic E-state index is 0.0500. The molecule has 0 aliphatic rings. The molecule has 0 aliphatic carbocycles. The number of likely N-dealkylation sites (N-methyl/N-ethyl adjacent to an activating group) is 1. The van der Waals surface area contributed by atoms with Gasteiger partial charge >= 0.3 is 0 Å². The molecule has 0 spiro atoms. The third-order valence-corrected chi connectivity index (χ3v) is 2.04. The summed E-state index contributed by atoms with van der Waals surface area (Å²) < 4.78 is 0. The number of rotatable bonds is 6. The number of carbonyl (C=O) groups is 1. The predicted octanol–water partition coefficient (Wildman–Crippen LogP) is 1.01. The third-order valence-electron chi connectivity index (χ3n) is 2.04. The molecule has 0 unspecified atom stereocenters. The quantitative estimate of drug-likeness (QED) is 0.512. The molecule has 0 heterocycles. The molecule has 0 fully saturated rings. The van der Waals surface area contributed by atoms with E-state index < -0.39 is 0 Å². The summed E-state index contributed by atoms with van der Waals surface area (Å²) in [5.41, 5.74) is 5.59. The van der Waals surface area contributed by atoms with Crippen molar-refractivity contribution in [3.05, 3.63) is 0 Å². The molecule has 0 aromatic carbocycles. The monoisotopic (exact) mass is 199 g/mol. The van der Waals surface area contributed by atoms with Crippen LogP contribution in [0.25, 0.3) is 0 Å². The molecule has 14 heavy (non-hydrogen) atoms. The Labute approximate surface area is 86.2 Å². The molecule has 0 bridgehead atoms. The van der Waals surface area contributed by atoms with Crippen molar-refractivity contribution >= 4 is 11.7 Å². The molecule has 82 valence electrons. The molecule has 0 aromatic rings. The van der Waals surface area contributed by atoms with Crippen LogP contribution in [0.2, 0.25) is 0 Å². The summed E-state index contributed by atoms with van der Waals surface area (Å²) in [7, 11) is 0. The third kappa shape index (κ3) is 4.84. The maximum atomic E-state index is 11.5. The fraction of sp³-hybridized carbons (Fsp3) is 0.800. The Balaban J connectivity index is 3.99. The van der Waals surface area contributed by atoms with Gasteiger partial charge in [-0.3, -0.25) is 9.79 Å². The van der Waals surface area contributed by atoms with Gasteiger partial charge in [-0.1, -0.05) is 6.92 Å². The van der Waals surface area contributed by atoms with Crippen LogP contribution in [0.1, 0.15) is 33.6 Å². The largest absolute Gasteiger partial charge is 0.387 e. The normalized spacial score (nSPS) is 11.5. The number of hydrogen-bond donors (Lipinski definition) is 1. The molecule has 0 atom stereocenters. The van der Waals surface area contributed by atoms with E-state index in [1.165, 1.54) is 0 Å². The molecule has 1 amide bonds. The number of amidine groups is 1. The minimum absolute atomic E-state index is 0.0500. The van der Waals surface area contributed by atoms with Gasteiger partial charge in [-0.2, -0.15) is 0 Å². The van der Waals surface area contributed by atoms with Crippen LogP contribution in [0, 0.1) is 0 Å². The van der Waals surface area contributed by atoms with Gasteiger partial charge in [-0.25, -0.2) is 0 Å². The second-order valence-electron chi connectivity index (χ2n) is 3.12. The van der Waals surface area contributed by atoms with Gasteiger partial charge < -0.3 is 10.6 Å². The van der Waals surface area contributed by atoms with E-state index in [0.717, 1.165) is 25.9 Å². The van der Waals surface area contributed by atoms with Crippen LogP contribution in [0.3, 0.4) is 0 Å². The number of carbonyl (C=O) groups excluding carboxylic acids is 1. The fourth-order valence-corrected chi connectivity index (χ4v) is 1.18. The smallest absolute Gasteiger partial charge is 0.244 e. The highest BCUT2D eigenvalue weighted by Gasteiger charge is 2.07. The molecule has 2 N–H and O–H groups in total. The van der Waals surface area contributed by atoms with Gasteiger partial charge in [-0.15, -0.1) is 0 Å². The number of amides is 1. The lowest BCUT2D eigenvalue weighted by Crippen LogP contribution is -2.32. The lowest BCUT2D eigenvalue weighted by molar-refractivity contribution is -0.129. The maximum absolute atomic E-state index is 11.5. The highest BCUT2D eigenvalue weighted by atomic mass is 16.2. The maximum Gasteiger partial charge on any atom is 0.244 e.